The molecule has 1 aliphatic heterocycles. The van der Waals surface area contributed by atoms with Crippen LogP contribution in [0.2, 0.25) is 5.02 Å². The Morgan fingerprint density at radius 2 is 2.35 bits per heavy atom. The number of aryl methyl sites for hydroxylation is 1. The monoisotopic (exact) mass is 331 g/mol. The number of aromatic nitrogens is 2. The first kappa shape index (κ1) is 15.7. The largest absolute Gasteiger partial charge is 0.339 e. The van der Waals surface area contributed by atoms with Gasteiger partial charge in [-0.2, -0.15) is 4.98 Å². The van der Waals surface area contributed by atoms with E-state index < -0.39 is 0 Å². The van der Waals surface area contributed by atoms with Crippen LogP contribution >= 0.6 is 11.6 Å². The lowest BCUT2D eigenvalue weighted by Gasteiger charge is -2.30. The van der Waals surface area contributed by atoms with Gasteiger partial charge in [-0.15, -0.1) is 0 Å². The maximum absolute atomic E-state index is 12.4. The molecule has 1 aromatic heterocycles. The molecule has 0 aliphatic carbocycles. The van der Waals surface area contributed by atoms with Crippen LogP contribution in [0.4, 0.5) is 0 Å². The molecule has 1 amide bonds. The van der Waals surface area contributed by atoms with Crippen molar-refractivity contribution in [2.75, 3.05) is 13.1 Å². The van der Waals surface area contributed by atoms with Crippen molar-refractivity contribution in [1.82, 2.24) is 15.0 Å². The second kappa shape index (κ2) is 6.96. The summed E-state index contributed by atoms with van der Waals surface area (Å²) in [6.07, 6.45) is 5.27. The van der Waals surface area contributed by atoms with Gasteiger partial charge in [0.1, 0.15) is 0 Å². The number of benzene rings is 1. The number of hydrogen-bond acceptors (Lipinski definition) is 4. The summed E-state index contributed by atoms with van der Waals surface area (Å²) in [5, 5.41) is 4.49. The van der Waals surface area contributed by atoms with Crippen LogP contribution in [0, 0.1) is 6.92 Å². The fraction of sp³-hybridized carbons (Fsp3) is 0.353. The topological polar surface area (TPSA) is 59.2 Å². The predicted molar refractivity (Wildman–Crippen MR) is 88.1 cm³/mol. The Bertz CT molecular complexity index is 726. The molecule has 0 spiro atoms. The summed E-state index contributed by atoms with van der Waals surface area (Å²) in [6.45, 7) is 3.16. The molecule has 2 heterocycles. The van der Waals surface area contributed by atoms with Crippen molar-refractivity contribution in [2.24, 2.45) is 0 Å². The number of rotatable bonds is 3. The zero-order valence-corrected chi connectivity index (χ0v) is 13.7. The number of carbonyl (C=O) groups is 1. The average Bonchev–Trinajstić information content (AvgIpc) is 2.99. The molecule has 5 nitrogen and oxygen atoms in total. The minimum atomic E-state index is -0.00841. The molecule has 1 aliphatic rings. The number of nitrogens with zero attached hydrogens (tertiary/aromatic N) is 3. The van der Waals surface area contributed by atoms with Gasteiger partial charge in [-0.3, -0.25) is 4.79 Å². The van der Waals surface area contributed by atoms with E-state index in [0.717, 1.165) is 24.9 Å². The molecule has 0 saturated carbocycles. The van der Waals surface area contributed by atoms with Crippen molar-refractivity contribution in [2.45, 2.75) is 25.7 Å². The van der Waals surface area contributed by atoms with Crippen molar-refractivity contribution in [3.63, 3.8) is 0 Å². The molecule has 1 atom stereocenters. The Labute approximate surface area is 139 Å². The Balaban J connectivity index is 1.65. The van der Waals surface area contributed by atoms with Gasteiger partial charge in [0.05, 0.1) is 5.92 Å². The van der Waals surface area contributed by atoms with Crippen LogP contribution in [-0.2, 0) is 4.79 Å². The van der Waals surface area contributed by atoms with Crippen molar-refractivity contribution < 1.29 is 9.32 Å². The van der Waals surface area contributed by atoms with Crippen LogP contribution in [-0.4, -0.2) is 34.0 Å². The van der Waals surface area contributed by atoms with Crippen molar-refractivity contribution in [1.29, 1.82) is 0 Å². The normalized spacial score (nSPS) is 18.5. The van der Waals surface area contributed by atoms with E-state index >= 15 is 0 Å². The van der Waals surface area contributed by atoms with E-state index in [4.69, 9.17) is 16.1 Å². The smallest absolute Gasteiger partial charge is 0.246 e. The molecule has 1 aromatic carbocycles. The molecule has 0 N–H and O–H groups in total. The van der Waals surface area contributed by atoms with E-state index in [2.05, 4.69) is 10.1 Å². The molecule has 3 rings (SSSR count). The van der Waals surface area contributed by atoms with E-state index in [1.165, 1.54) is 0 Å². The summed E-state index contributed by atoms with van der Waals surface area (Å²) in [4.78, 5) is 18.5. The lowest BCUT2D eigenvalue weighted by Crippen LogP contribution is -2.38. The van der Waals surface area contributed by atoms with E-state index in [-0.39, 0.29) is 11.8 Å². The van der Waals surface area contributed by atoms with Crippen LogP contribution in [0.25, 0.3) is 6.08 Å². The molecule has 2 aromatic rings. The number of halogens is 1. The molecule has 0 bridgehead atoms. The molecule has 1 saturated heterocycles. The van der Waals surface area contributed by atoms with Crippen LogP contribution < -0.4 is 0 Å². The van der Waals surface area contributed by atoms with Gasteiger partial charge in [0.25, 0.3) is 0 Å². The number of hydrogen-bond donors (Lipinski definition) is 0. The molecule has 120 valence electrons. The Morgan fingerprint density at radius 3 is 3.09 bits per heavy atom. The third kappa shape index (κ3) is 3.99. The number of amides is 1. The summed E-state index contributed by atoms with van der Waals surface area (Å²) in [5.41, 5.74) is 0.909. The molecule has 1 fully saturated rings. The highest BCUT2D eigenvalue weighted by molar-refractivity contribution is 6.30. The third-order valence-electron chi connectivity index (χ3n) is 3.89. The zero-order valence-electron chi connectivity index (χ0n) is 12.9. The minimum Gasteiger partial charge on any atom is -0.339 e. The highest BCUT2D eigenvalue weighted by atomic mass is 35.5. The second-order valence-electron chi connectivity index (χ2n) is 5.69. The maximum atomic E-state index is 12.4. The van der Waals surface area contributed by atoms with Crippen LogP contribution in [0.1, 0.15) is 36.0 Å². The lowest BCUT2D eigenvalue weighted by molar-refractivity contribution is -0.127. The summed E-state index contributed by atoms with van der Waals surface area (Å²) in [5.74, 6) is 1.36. The second-order valence-corrected chi connectivity index (χ2v) is 6.13. The van der Waals surface area contributed by atoms with Crippen LogP contribution in [0.3, 0.4) is 0 Å². The fourth-order valence-corrected chi connectivity index (χ4v) is 2.94. The van der Waals surface area contributed by atoms with Crippen molar-refractivity contribution in [3.05, 3.63) is 52.6 Å². The van der Waals surface area contributed by atoms with Gasteiger partial charge in [-0.05, 0) is 43.5 Å². The fourth-order valence-electron chi connectivity index (χ4n) is 2.74. The third-order valence-corrected chi connectivity index (χ3v) is 4.13. The van der Waals surface area contributed by atoms with Gasteiger partial charge in [0, 0.05) is 24.2 Å². The number of piperidine rings is 1. The van der Waals surface area contributed by atoms with E-state index in [1.54, 1.807) is 19.1 Å². The highest BCUT2D eigenvalue weighted by Crippen LogP contribution is 2.25. The summed E-state index contributed by atoms with van der Waals surface area (Å²) >= 11 is 5.95. The van der Waals surface area contributed by atoms with Crippen LogP contribution in [0.5, 0.6) is 0 Å². The molecule has 23 heavy (non-hydrogen) atoms. The van der Waals surface area contributed by atoms with E-state index in [0.29, 0.717) is 23.3 Å². The molecular weight excluding hydrogens is 314 g/mol. The molecular formula is C17H18ClN3O2. The first-order valence-electron chi connectivity index (χ1n) is 7.64. The van der Waals surface area contributed by atoms with Gasteiger partial charge in [-0.1, -0.05) is 28.9 Å². The molecule has 6 heteroatoms. The molecule has 0 radical (unpaired) electrons. The highest BCUT2D eigenvalue weighted by Gasteiger charge is 2.27. The minimum absolute atomic E-state index is 0.00841. The van der Waals surface area contributed by atoms with E-state index in [9.17, 15) is 4.79 Å². The lowest BCUT2D eigenvalue weighted by atomic mass is 9.98. The van der Waals surface area contributed by atoms with Crippen molar-refractivity contribution >= 4 is 23.6 Å². The summed E-state index contributed by atoms with van der Waals surface area (Å²) < 4.78 is 5.24. The average molecular weight is 332 g/mol. The van der Waals surface area contributed by atoms with Gasteiger partial charge >= 0.3 is 0 Å². The first-order chi connectivity index (χ1) is 11.1. The SMILES string of the molecule is Cc1noc([C@H]2CCCN(C(=O)/C=C\c3cccc(Cl)c3)C2)n1. The van der Waals surface area contributed by atoms with Gasteiger partial charge < -0.3 is 9.42 Å². The first-order valence-corrected chi connectivity index (χ1v) is 8.02. The van der Waals surface area contributed by atoms with Gasteiger partial charge in [0.2, 0.25) is 11.8 Å². The van der Waals surface area contributed by atoms with Gasteiger partial charge in [-0.25, -0.2) is 0 Å². The quantitative estimate of drug-likeness (QED) is 0.808. The maximum Gasteiger partial charge on any atom is 0.246 e. The predicted octanol–water partition coefficient (Wildman–Crippen LogP) is 3.45. The summed E-state index contributed by atoms with van der Waals surface area (Å²) in [6, 6.07) is 7.41. The zero-order chi connectivity index (χ0) is 16.2. The summed E-state index contributed by atoms with van der Waals surface area (Å²) in [7, 11) is 0. The number of likely N-dealkylation sites (tertiary alicyclic amines) is 1. The van der Waals surface area contributed by atoms with Crippen LogP contribution in [0.15, 0.2) is 34.9 Å². The van der Waals surface area contributed by atoms with Crippen molar-refractivity contribution in [3.8, 4) is 0 Å². The Hall–Kier alpha value is -2.14. The Kier molecular flexibility index (Phi) is 4.76. The standard InChI is InChI=1S/C17H18ClN3O2/c1-12-19-17(23-20-12)14-5-3-9-21(11-14)16(22)8-7-13-4-2-6-15(18)10-13/h2,4,6-8,10,14H,3,5,9,11H2,1H3/b8-7-/t14-/m0/s1. The molecule has 0 unspecified atom stereocenters. The van der Waals surface area contributed by atoms with E-state index in [1.807, 2.05) is 29.2 Å². The Morgan fingerprint density at radius 1 is 1.48 bits per heavy atom. The van der Waals surface area contributed by atoms with Gasteiger partial charge in [0.15, 0.2) is 5.82 Å². The number of carbonyl (C=O) groups excluding carboxylic acids is 1.